The van der Waals surface area contributed by atoms with Crippen molar-refractivity contribution in [3.8, 4) is 0 Å². The maximum atomic E-state index is 8.47. The largest absolute Gasteiger partial charge is 0.500 e. The van der Waals surface area contributed by atoms with E-state index in [-0.39, 0.29) is 24.8 Å². The molecule has 2 nitrogen and oxygen atoms in total. The molecule has 0 unspecified atom stereocenters. The summed E-state index contributed by atoms with van der Waals surface area (Å²) in [4.78, 5) is 0. The molecule has 50 valence electrons. The highest BCUT2D eigenvalue weighted by Gasteiger charge is 1.99. The van der Waals surface area contributed by atoms with Crippen molar-refractivity contribution < 1.29 is 5.11 Å². The van der Waals surface area contributed by atoms with Gasteiger partial charge in [0.25, 0.3) is 0 Å². The molecule has 6 heteroatoms. The predicted octanol–water partition coefficient (Wildman–Crippen LogP) is 2.09. The highest BCUT2D eigenvalue weighted by Crippen LogP contribution is 2.29. The number of hydrogen-bond donors (Lipinski definition) is 2. The van der Waals surface area contributed by atoms with Gasteiger partial charge in [-0.05, 0) is 0 Å². The Morgan fingerprint density at radius 2 is 2.12 bits per heavy atom. The molecule has 1 rings (SSSR count). The molecule has 0 fully saturated rings. The third kappa shape index (κ3) is 3.60. The van der Waals surface area contributed by atoms with Crippen LogP contribution in [-0.4, -0.2) is 5.11 Å². The normalized spacial score (nSPS) is 14.8. The van der Waals surface area contributed by atoms with Crippen molar-refractivity contribution >= 4 is 46.6 Å². The van der Waals surface area contributed by atoms with Crippen molar-refractivity contribution in [3.05, 3.63) is 11.3 Å². The van der Waals surface area contributed by atoms with Crippen molar-refractivity contribution in [1.82, 2.24) is 4.72 Å². The second-order valence-electron chi connectivity index (χ2n) is 0.767. The van der Waals surface area contributed by atoms with Crippen molar-refractivity contribution in [2.75, 3.05) is 0 Å². The third-order valence-corrected chi connectivity index (χ3v) is 1.99. The minimum Gasteiger partial charge on any atom is -0.500 e. The molecule has 0 saturated heterocycles. The Morgan fingerprint density at radius 1 is 1.50 bits per heavy atom. The number of nitrogens with one attached hydrogen (secondary N) is 1. The van der Waals surface area contributed by atoms with E-state index in [9.17, 15) is 0 Å². The molecule has 0 spiro atoms. The Kier molecular flexibility index (Phi) is 8.21. The first-order chi connectivity index (χ1) is 2.89. The minimum atomic E-state index is 0. The van der Waals surface area contributed by atoms with E-state index in [1.54, 1.807) is 6.20 Å². The number of rotatable bonds is 0. The van der Waals surface area contributed by atoms with E-state index in [2.05, 4.69) is 4.72 Å². The van der Waals surface area contributed by atoms with Crippen LogP contribution in [0, 0.1) is 0 Å². The zero-order valence-corrected chi connectivity index (χ0v) is 6.92. The van der Waals surface area contributed by atoms with Crippen LogP contribution in [0.2, 0.25) is 0 Å². The fraction of sp³-hybridized carbons (Fsp3) is 0. The summed E-state index contributed by atoms with van der Waals surface area (Å²) in [6.07, 6.45) is 1.55. The lowest BCUT2D eigenvalue weighted by atomic mass is 11.0. The van der Waals surface area contributed by atoms with Crippen LogP contribution in [0.15, 0.2) is 11.3 Å². The van der Waals surface area contributed by atoms with Crippen LogP contribution in [0.1, 0.15) is 0 Å². The molecule has 1 heterocycles. The van der Waals surface area contributed by atoms with E-state index in [1.807, 2.05) is 0 Å². The van der Waals surface area contributed by atoms with Gasteiger partial charge >= 0.3 is 0 Å². The van der Waals surface area contributed by atoms with Gasteiger partial charge in [0.2, 0.25) is 0 Å². The lowest BCUT2D eigenvalue weighted by Crippen LogP contribution is -1.78. The summed E-state index contributed by atoms with van der Waals surface area (Å²) in [6.45, 7) is 0. The van der Waals surface area contributed by atoms with Gasteiger partial charge in [-0.15, -0.1) is 24.8 Å². The molecule has 8 heavy (non-hydrogen) atoms. The van der Waals surface area contributed by atoms with Gasteiger partial charge in [0.15, 0.2) is 5.09 Å². The molecule has 0 atom stereocenters. The molecule has 0 saturated carbocycles. The summed E-state index contributed by atoms with van der Waals surface area (Å²) in [5.41, 5.74) is 0. The highest BCUT2D eigenvalue weighted by molar-refractivity contribution is 8.77. The van der Waals surface area contributed by atoms with Crippen molar-refractivity contribution in [2.24, 2.45) is 0 Å². The highest BCUT2D eigenvalue weighted by atomic mass is 35.5. The smallest absolute Gasteiger partial charge is 0.179 e. The topological polar surface area (TPSA) is 32.3 Å². The van der Waals surface area contributed by atoms with Crippen molar-refractivity contribution in [1.29, 1.82) is 0 Å². The molecule has 0 radical (unpaired) electrons. The molecule has 0 aromatic rings. The van der Waals surface area contributed by atoms with Crippen LogP contribution < -0.4 is 4.72 Å². The Hall–Kier alpha value is 0.620. The van der Waals surface area contributed by atoms with E-state index in [0.717, 1.165) is 0 Å². The van der Waals surface area contributed by atoms with Gasteiger partial charge in [0.1, 0.15) is 0 Å². The van der Waals surface area contributed by atoms with E-state index >= 15 is 0 Å². The molecular formula is C2H5Cl2NOS2. The van der Waals surface area contributed by atoms with E-state index in [0.29, 0.717) is 5.09 Å². The SMILES string of the molecule is Cl.Cl.OC1=CNSS1. The fourth-order valence-corrected chi connectivity index (χ4v) is 1.33. The van der Waals surface area contributed by atoms with Crippen LogP contribution in [0.25, 0.3) is 0 Å². The van der Waals surface area contributed by atoms with Gasteiger partial charge in [0, 0.05) is 21.8 Å². The minimum absolute atomic E-state index is 0. The van der Waals surface area contributed by atoms with E-state index in [1.165, 1.54) is 21.8 Å². The van der Waals surface area contributed by atoms with Crippen LogP contribution in [0.3, 0.4) is 0 Å². The number of aliphatic hydroxyl groups is 1. The maximum absolute atomic E-state index is 8.47. The number of hydrogen-bond acceptors (Lipinski definition) is 4. The summed E-state index contributed by atoms with van der Waals surface area (Å²) < 4.78 is 2.74. The summed E-state index contributed by atoms with van der Waals surface area (Å²) in [7, 11) is 2.73. The molecule has 0 aromatic carbocycles. The van der Waals surface area contributed by atoms with Crippen molar-refractivity contribution in [2.45, 2.75) is 0 Å². The van der Waals surface area contributed by atoms with E-state index in [4.69, 9.17) is 5.11 Å². The third-order valence-electron chi connectivity index (χ3n) is 0.358. The molecule has 0 bridgehead atoms. The van der Waals surface area contributed by atoms with Crippen LogP contribution in [0.5, 0.6) is 0 Å². The summed E-state index contributed by atoms with van der Waals surface area (Å²) in [5, 5.41) is 8.82. The average Bonchev–Trinajstić information content (AvgIpc) is 1.86. The molecule has 0 aliphatic carbocycles. The maximum Gasteiger partial charge on any atom is 0.179 e. The summed E-state index contributed by atoms with van der Waals surface area (Å²) in [5.74, 6) is 0. The van der Waals surface area contributed by atoms with Crippen molar-refractivity contribution in [3.63, 3.8) is 0 Å². The zero-order chi connectivity index (χ0) is 4.41. The van der Waals surface area contributed by atoms with Crippen LogP contribution in [0.4, 0.5) is 0 Å². The van der Waals surface area contributed by atoms with Gasteiger partial charge in [-0.1, -0.05) is 0 Å². The first-order valence-corrected chi connectivity index (χ1v) is 3.53. The molecule has 2 N–H and O–H groups in total. The summed E-state index contributed by atoms with van der Waals surface area (Å²) >= 11 is 0. The van der Waals surface area contributed by atoms with Gasteiger partial charge in [0.05, 0.1) is 6.20 Å². The fourth-order valence-electron chi connectivity index (χ4n) is 0.165. The second-order valence-corrected chi connectivity index (χ2v) is 2.75. The van der Waals surface area contributed by atoms with Crippen LogP contribution in [-0.2, 0) is 0 Å². The Balaban J connectivity index is 0. The quantitative estimate of drug-likeness (QED) is 0.456. The molecule has 0 amide bonds. The average molecular weight is 194 g/mol. The molecule has 1 aliphatic heterocycles. The predicted molar refractivity (Wildman–Crippen MR) is 43.5 cm³/mol. The number of halogens is 2. The number of aliphatic hydroxyl groups excluding tert-OH is 1. The van der Waals surface area contributed by atoms with Gasteiger partial charge in [-0.3, -0.25) is 0 Å². The van der Waals surface area contributed by atoms with Gasteiger partial charge in [-0.25, -0.2) is 0 Å². The standard InChI is InChI=1S/C2H3NOS2.2ClH/c4-2-1-3-6-5-2;;/h1,3-4H;2*1H. The molecular weight excluding hydrogens is 189 g/mol. The lowest BCUT2D eigenvalue weighted by Gasteiger charge is -1.77. The monoisotopic (exact) mass is 193 g/mol. The Labute approximate surface area is 67.8 Å². The van der Waals surface area contributed by atoms with Gasteiger partial charge < -0.3 is 9.83 Å². The summed E-state index contributed by atoms with van der Waals surface area (Å²) in [6, 6.07) is 0. The Bertz CT molecular complexity index is 88.1. The molecule has 1 aliphatic rings. The first kappa shape index (κ1) is 11.4. The first-order valence-electron chi connectivity index (χ1n) is 1.38. The molecule has 0 aromatic heterocycles. The van der Waals surface area contributed by atoms with E-state index < -0.39 is 0 Å². The van der Waals surface area contributed by atoms with Gasteiger partial charge in [-0.2, -0.15) is 0 Å². The Morgan fingerprint density at radius 3 is 2.25 bits per heavy atom. The zero-order valence-electron chi connectivity index (χ0n) is 3.66. The lowest BCUT2D eigenvalue weighted by molar-refractivity contribution is 0.456. The second kappa shape index (κ2) is 5.75. The van der Waals surface area contributed by atoms with Crippen LogP contribution >= 0.6 is 46.6 Å².